The summed E-state index contributed by atoms with van der Waals surface area (Å²) in [7, 11) is 1.40. The Bertz CT molecular complexity index is 1330. The van der Waals surface area contributed by atoms with Crippen LogP contribution in [0.1, 0.15) is 42.0 Å². The molecule has 1 fully saturated rings. The van der Waals surface area contributed by atoms with Crippen LogP contribution < -0.4 is 16.5 Å². The Morgan fingerprint density at radius 1 is 0.975 bits per heavy atom. The maximum absolute atomic E-state index is 13.5. The maximum atomic E-state index is 13.5. The lowest BCUT2D eigenvalue weighted by Crippen LogP contribution is -2.40. The quantitative estimate of drug-likeness (QED) is 0.116. The topological polar surface area (TPSA) is 87.0 Å². The number of benzene rings is 2. The summed E-state index contributed by atoms with van der Waals surface area (Å²) in [4.78, 5) is 8.41. The molecule has 1 aromatic heterocycles. The van der Waals surface area contributed by atoms with Gasteiger partial charge in [0.25, 0.3) is 0 Å². The normalized spacial score (nSPS) is 14.5. The van der Waals surface area contributed by atoms with Gasteiger partial charge in [-0.1, -0.05) is 18.2 Å². The average Bonchev–Trinajstić information content (AvgIpc) is 3.69. The minimum atomic E-state index is -4.97. The molecule has 4 N–H and O–H groups in total. The third-order valence-electron chi connectivity index (χ3n) is 6.60. The van der Waals surface area contributed by atoms with Gasteiger partial charge in [-0.25, -0.2) is 15.9 Å². The van der Waals surface area contributed by atoms with Gasteiger partial charge in [-0.05, 0) is 61.6 Å². The standard InChI is InChI=1S/C27H31F6N7/c1-3-39(14-17-8-9-17)24-20(12-19-6-4-5-7-23(19)36-24)16-40(25(34)37-38(2)35)15-18-10-21(26(28,29)30)13-22(11-18)27(31,32)33/h4-7,10-13,17H,3,8-9,14-16,35H2,1-2H3,(H2,34,37). The number of fused-ring (bicyclic) bond motifs is 1. The van der Waals surface area contributed by atoms with Crippen LogP contribution >= 0.6 is 0 Å². The number of nitrogens with zero attached hydrogens (tertiary/aromatic N) is 5. The molecule has 1 saturated carbocycles. The fraction of sp³-hybridized carbons (Fsp3) is 0.407. The van der Waals surface area contributed by atoms with Gasteiger partial charge in [0, 0.05) is 44.2 Å². The first kappa shape index (κ1) is 29.2. The molecular weight excluding hydrogens is 536 g/mol. The predicted molar refractivity (Wildman–Crippen MR) is 142 cm³/mol. The lowest BCUT2D eigenvalue weighted by molar-refractivity contribution is -0.143. The molecule has 0 unspecified atom stereocenters. The summed E-state index contributed by atoms with van der Waals surface area (Å²) < 4.78 is 81.1. The van der Waals surface area contributed by atoms with Gasteiger partial charge >= 0.3 is 12.4 Å². The van der Waals surface area contributed by atoms with E-state index in [9.17, 15) is 26.3 Å². The smallest absolute Gasteiger partial charge is 0.368 e. The second kappa shape index (κ2) is 11.4. The first-order chi connectivity index (χ1) is 18.7. The average molecular weight is 568 g/mol. The first-order valence-electron chi connectivity index (χ1n) is 12.7. The van der Waals surface area contributed by atoms with Crippen molar-refractivity contribution >= 4 is 22.7 Å². The first-order valence-corrected chi connectivity index (χ1v) is 12.7. The molecule has 1 aliphatic carbocycles. The van der Waals surface area contributed by atoms with Crippen LogP contribution in [0.25, 0.3) is 10.9 Å². The van der Waals surface area contributed by atoms with Crippen LogP contribution in [-0.2, 0) is 25.4 Å². The maximum Gasteiger partial charge on any atom is 0.416 e. The molecule has 40 heavy (non-hydrogen) atoms. The summed E-state index contributed by atoms with van der Waals surface area (Å²) in [5.41, 5.74) is 4.61. The van der Waals surface area contributed by atoms with E-state index in [1.54, 1.807) is 0 Å². The zero-order valence-electron chi connectivity index (χ0n) is 22.1. The number of rotatable bonds is 9. The summed E-state index contributed by atoms with van der Waals surface area (Å²) in [5.74, 6) is 6.67. The Morgan fingerprint density at radius 2 is 1.60 bits per heavy atom. The molecule has 0 saturated heterocycles. The fourth-order valence-electron chi connectivity index (χ4n) is 4.50. The van der Waals surface area contributed by atoms with E-state index < -0.39 is 30.0 Å². The number of hydrazine groups is 1. The lowest BCUT2D eigenvalue weighted by atomic mass is 10.0. The van der Waals surface area contributed by atoms with Crippen LogP contribution in [0.5, 0.6) is 0 Å². The molecule has 1 heterocycles. The van der Waals surface area contributed by atoms with Crippen molar-refractivity contribution in [1.29, 1.82) is 0 Å². The van der Waals surface area contributed by atoms with Crippen LogP contribution in [0.2, 0.25) is 0 Å². The molecule has 0 atom stereocenters. The van der Waals surface area contributed by atoms with E-state index in [-0.39, 0.29) is 24.1 Å². The summed E-state index contributed by atoms with van der Waals surface area (Å²) in [6.07, 6.45) is -7.72. The summed E-state index contributed by atoms with van der Waals surface area (Å²) in [6.45, 7) is 3.06. The van der Waals surface area contributed by atoms with Crippen molar-refractivity contribution in [2.45, 2.75) is 45.2 Å². The molecule has 7 nitrogen and oxygen atoms in total. The zero-order chi connectivity index (χ0) is 29.2. The summed E-state index contributed by atoms with van der Waals surface area (Å²) in [6, 6.07) is 10.9. The van der Waals surface area contributed by atoms with Gasteiger partial charge in [-0.3, -0.25) is 0 Å². The molecule has 216 valence electrons. The number of hydrazone groups is 1. The largest absolute Gasteiger partial charge is 0.416 e. The van der Waals surface area contributed by atoms with Crippen LogP contribution in [-0.4, -0.2) is 41.1 Å². The Kier molecular flexibility index (Phi) is 8.33. The second-order valence-corrected chi connectivity index (χ2v) is 9.95. The van der Waals surface area contributed by atoms with Gasteiger partial charge in [-0.15, -0.1) is 5.10 Å². The highest BCUT2D eigenvalue weighted by atomic mass is 19.4. The number of alkyl halides is 6. The number of pyridine rings is 1. The van der Waals surface area contributed by atoms with Gasteiger partial charge in [0.05, 0.1) is 16.6 Å². The zero-order valence-corrected chi connectivity index (χ0v) is 22.1. The Morgan fingerprint density at radius 3 is 2.15 bits per heavy atom. The van der Waals surface area contributed by atoms with Crippen LogP contribution in [0.4, 0.5) is 32.2 Å². The van der Waals surface area contributed by atoms with Crippen LogP contribution in [0.15, 0.2) is 53.6 Å². The third-order valence-corrected chi connectivity index (χ3v) is 6.60. The van der Waals surface area contributed by atoms with Crippen molar-refractivity contribution in [3.63, 3.8) is 0 Å². The second-order valence-electron chi connectivity index (χ2n) is 9.95. The molecule has 0 amide bonds. The number of para-hydroxylation sites is 1. The number of nitrogens with two attached hydrogens (primary N) is 2. The van der Waals surface area contributed by atoms with Gasteiger partial charge < -0.3 is 15.5 Å². The fourth-order valence-corrected chi connectivity index (χ4v) is 4.50. The minimum absolute atomic E-state index is 0.00903. The van der Waals surface area contributed by atoms with Gasteiger partial charge in [0.2, 0.25) is 5.96 Å². The van der Waals surface area contributed by atoms with E-state index >= 15 is 0 Å². The number of anilines is 1. The van der Waals surface area contributed by atoms with E-state index in [1.807, 2.05) is 37.3 Å². The molecule has 1 aliphatic rings. The highest BCUT2D eigenvalue weighted by molar-refractivity contribution is 5.83. The van der Waals surface area contributed by atoms with Gasteiger partial charge in [0.15, 0.2) is 0 Å². The van der Waals surface area contributed by atoms with Crippen molar-refractivity contribution in [3.8, 4) is 0 Å². The molecule has 4 rings (SSSR count). The Hall–Kier alpha value is -3.74. The molecule has 0 radical (unpaired) electrons. The van der Waals surface area contributed by atoms with E-state index in [2.05, 4.69) is 10.0 Å². The van der Waals surface area contributed by atoms with Gasteiger partial charge in [0.1, 0.15) is 5.82 Å². The summed E-state index contributed by atoms with van der Waals surface area (Å²) >= 11 is 0. The highest BCUT2D eigenvalue weighted by Crippen LogP contribution is 2.37. The number of aromatic nitrogens is 1. The van der Waals surface area contributed by atoms with E-state index in [1.165, 1.54) is 11.9 Å². The van der Waals surface area contributed by atoms with Crippen LogP contribution in [0, 0.1) is 5.92 Å². The van der Waals surface area contributed by atoms with E-state index in [0.717, 1.165) is 35.4 Å². The Balaban J connectivity index is 1.79. The molecule has 0 bridgehead atoms. The van der Waals surface area contributed by atoms with Gasteiger partial charge in [-0.2, -0.15) is 26.3 Å². The predicted octanol–water partition coefficient (Wildman–Crippen LogP) is 5.55. The monoisotopic (exact) mass is 567 g/mol. The Labute approximate surface area is 228 Å². The van der Waals surface area contributed by atoms with Crippen molar-refractivity contribution in [2.75, 3.05) is 25.0 Å². The minimum Gasteiger partial charge on any atom is -0.368 e. The molecule has 0 aliphatic heterocycles. The molecule has 3 aromatic rings. The number of hydrogen-bond acceptors (Lipinski definition) is 5. The summed E-state index contributed by atoms with van der Waals surface area (Å²) in [5, 5.41) is 5.73. The van der Waals surface area contributed by atoms with Crippen LogP contribution in [0.3, 0.4) is 0 Å². The SMILES string of the molecule is CCN(CC1CC1)c1nc2ccccc2cc1CN(Cc1cc(C(F)(F)F)cc(C(F)(F)F)c1)/C(N)=N/N(C)N. The number of guanidine groups is 1. The molecule has 0 spiro atoms. The molecule has 13 heteroatoms. The van der Waals surface area contributed by atoms with Crippen molar-refractivity contribution < 1.29 is 26.3 Å². The third kappa shape index (κ3) is 7.26. The number of hydrogen-bond donors (Lipinski definition) is 2. The van der Waals surface area contributed by atoms with E-state index in [4.69, 9.17) is 16.6 Å². The van der Waals surface area contributed by atoms with E-state index in [0.29, 0.717) is 36.0 Å². The number of halogens is 6. The molecular formula is C27H31F6N7. The van der Waals surface area contributed by atoms with Crippen molar-refractivity contribution in [2.24, 2.45) is 22.6 Å². The highest BCUT2D eigenvalue weighted by Gasteiger charge is 2.37. The lowest BCUT2D eigenvalue weighted by Gasteiger charge is -2.29. The van der Waals surface area contributed by atoms with Crippen molar-refractivity contribution in [3.05, 3.63) is 70.8 Å². The molecule has 2 aromatic carbocycles. The van der Waals surface area contributed by atoms with Crippen molar-refractivity contribution in [1.82, 2.24) is 15.0 Å².